The van der Waals surface area contributed by atoms with E-state index in [-0.39, 0.29) is 17.1 Å². The molecule has 0 atom stereocenters. The van der Waals surface area contributed by atoms with Crippen LogP contribution in [0.15, 0.2) is 24.3 Å². The van der Waals surface area contributed by atoms with Gasteiger partial charge in [0.05, 0.1) is 22.6 Å². The van der Waals surface area contributed by atoms with Gasteiger partial charge in [-0.15, -0.1) is 0 Å². The quantitative estimate of drug-likeness (QED) is 0.831. The second-order valence-corrected chi connectivity index (χ2v) is 8.31. The Morgan fingerprint density at radius 1 is 1.08 bits per heavy atom. The lowest BCUT2D eigenvalue weighted by molar-refractivity contribution is 0.0792. The van der Waals surface area contributed by atoms with Crippen LogP contribution in [0.25, 0.3) is 5.69 Å². The summed E-state index contributed by atoms with van der Waals surface area (Å²) in [5.41, 5.74) is 4.12. The monoisotopic (exact) mass is 351 g/mol. The molecular weight excluding hydrogens is 326 g/mol. The van der Waals surface area contributed by atoms with Crippen molar-refractivity contribution in [2.75, 3.05) is 13.1 Å². The van der Waals surface area contributed by atoms with Gasteiger partial charge >= 0.3 is 0 Å². The maximum absolute atomic E-state index is 12.6. The predicted molar refractivity (Wildman–Crippen MR) is 99.9 cm³/mol. The summed E-state index contributed by atoms with van der Waals surface area (Å²) >= 11 is 0. The molecule has 0 saturated carbocycles. The van der Waals surface area contributed by atoms with Crippen LogP contribution in [-0.2, 0) is 6.42 Å². The first-order chi connectivity index (χ1) is 12.4. The van der Waals surface area contributed by atoms with Crippen molar-refractivity contribution in [1.29, 1.82) is 0 Å². The van der Waals surface area contributed by atoms with E-state index in [1.165, 1.54) is 0 Å². The molecule has 1 saturated heterocycles. The summed E-state index contributed by atoms with van der Waals surface area (Å²) in [5.74, 6) is 0.282. The number of hydrogen-bond acceptors (Lipinski definition) is 3. The second-order valence-electron chi connectivity index (χ2n) is 8.31. The van der Waals surface area contributed by atoms with Crippen LogP contribution in [-0.4, -0.2) is 39.5 Å². The first kappa shape index (κ1) is 17.0. The van der Waals surface area contributed by atoms with Gasteiger partial charge in [0.25, 0.3) is 5.91 Å². The minimum absolute atomic E-state index is 0.0556. The molecule has 2 aromatic rings. The van der Waals surface area contributed by atoms with E-state index in [4.69, 9.17) is 0 Å². The molecule has 136 valence electrons. The summed E-state index contributed by atoms with van der Waals surface area (Å²) < 4.78 is 1.88. The predicted octanol–water partition coefficient (Wildman–Crippen LogP) is 3.57. The average molecular weight is 351 g/mol. The Labute approximate surface area is 154 Å². The van der Waals surface area contributed by atoms with Gasteiger partial charge < -0.3 is 4.90 Å². The zero-order valence-corrected chi connectivity index (χ0v) is 15.7. The minimum Gasteiger partial charge on any atom is -0.339 e. The van der Waals surface area contributed by atoms with Crippen molar-refractivity contribution >= 4 is 11.7 Å². The molecule has 2 aliphatic rings. The van der Waals surface area contributed by atoms with E-state index in [2.05, 4.69) is 18.9 Å². The number of carbonyl (C=O) groups is 2. The number of Topliss-reactive ketones (excluding diaryl/α,β-unsaturated/α-hetero) is 1. The van der Waals surface area contributed by atoms with Crippen LogP contribution >= 0.6 is 0 Å². The van der Waals surface area contributed by atoms with Gasteiger partial charge in [-0.25, -0.2) is 4.68 Å². The number of aromatic nitrogens is 2. The Balaban J connectivity index is 1.68. The molecule has 1 aliphatic carbocycles. The highest BCUT2D eigenvalue weighted by Crippen LogP contribution is 2.36. The van der Waals surface area contributed by atoms with Crippen molar-refractivity contribution in [3.8, 4) is 5.69 Å². The molecule has 2 heterocycles. The summed E-state index contributed by atoms with van der Waals surface area (Å²) in [5, 5.41) is 4.63. The van der Waals surface area contributed by atoms with E-state index in [1.807, 2.05) is 40.8 Å². The molecule has 0 unspecified atom stereocenters. The minimum atomic E-state index is -0.0556. The van der Waals surface area contributed by atoms with Gasteiger partial charge in [-0.2, -0.15) is 5.10 Å². The number of carbonyl (C=O) groups excluding carboxylic acids is 2. The Kier molecular flexibility index (Phi) is 3.98. The second kappa shape index (κ2) is 6.08. The summed E-state index contributed by atoms with van der Waals surface area (Å²) in [6, 6.07) is 7.61. The number of nitrogens with zero attached hydrogens (tertiary/aromatic N) is 3. The van der Waals surface area contributed by atoms with Crippen LogP contribution in [0.1, 0.15) is 65.2 Å². The lowest BCUT2D eigenvalue weighted by Crippen LogP contribution is -2.28. The van der Waals surface area contributed by atoms with Gasteiger partial charge in [-0.3, -0.25) is 9.59 Å². The molecule has 1 aliphatic heterocycles. The van der Waals surface area contributed by atoms with E-state index >= 15 is 0 Å². The van der Waals surface area contributed by atoms with Crippen LogP contribution < -0.4 is 0 Å². The molecule has 26 heavy (non-hydrogen) atoms. The third kappa shape index (κ3) is 2.85. The van der Waals surface area contributed by atoms with Crippen molar-refractivity contribution in [3.05, 3.63) is 46.8 Å². The van der Waals surface area contributed by atoms with Gasteiger partial charge in [0.15, 0.2) is 5.78 Å². The first-order valence-corrected chi connectivity index (χ1v) is 9.37. The number of ketones is 1. The molecule has 4 rings (SSSR count). The number of hydrogen-bond donors (Lipinski definition) is 0. The summed E-state index contributed by atoms with van der Waals surface area (Å²) in [4.78, 5) is 27.0. The number of amides is 1. The fourth-order valence-corrected chi connectivity index (χ4v) is 4.20. The standard InChI is InChI=1S/C21H25N3O2/c1-14-19-17(12-21(2,3)13-18(19)25)24(22-14)16-8-6-15(7-9-16)20(26)23-10-4-5-11-23/h6-9H,4-5,10-13H2,1-3H3. The molecule has 1 amide bonds. The van der Waals surface area contributed by atoms with Crippen molar-refractivity contribution in [2.24, 2.45) is 5.41 Å². The fraction of sp³-hybridized carbons (Fsp3) is 0.476. The number of aryl methyl sites for hydroxylation is 1. The molecule has 0 N–H and O–H groups in total. The summed E-state index contributed by atoms with van der Waals surface area (Å²) in [7, 11) is 0. The van der Waals surface area contributed by atoms with Gasteiger partial charge in [0.1, 0.15) is 0 Å². The Morgan fingerprint density at radius 2 is 1.73 bits per heavy atom. The van der Waals surface area contributed by atoms with Crippen LogP contribution in [0.3, 0.4) is 0 Å². The highest BCUT2D eigenvalue weighted by molar-refractivity contribution is 6.00. The molecule has 5 nitrogen and oxygen atoms in total. The molecule has 0 radical (unpaired) electrons. The molecule has 0 bridgehead atoms. The van der Waals surface area contributed by atoms with Crippen molar-refractivity contribution in [1.82, 2.24) is 14.7 Å². The number of rotatable bonds is 2. The summed E-state index contributed by atoms with van der Waals surface area (Å²) in [6.07, 6.45) is 3.57. The van der Waals surface area contributed by atoms with Crippen molar-refractivity contribution in [2.45, 2.75) is 46.5 Å². The lowest BCUT2D eigenvalue weighted by atomic mass is 9.75. The van der Waals surface area contributed by atoms with Crippen LogP contribution in [0.5, 0.6) is 0 Å². The first-order valence-electron chi connectivity index (χ1n) is 9.37. The van der Waals surface area contributed by atoms with E-state index in [0.717, 1.165) is 55.0 Å². The third-order valence-electron chi connectivity index (χ3n) is 5.47. The smallest absolute Gasteiger partial charge is 0.253 e. The number of benzene rings is 1. The van der Waals surface area contributed by atoms with Gasteiger partial charge in [0.2, 0.25) is 0 Å². The number of fused-ring (bicyclic) bond motifs is 1. The highest BCUT2D eigenvalue weighted by Gasteiger charge is 2.35. The Hall–Kier alpha value is -2.43. The highest BCUT2D eigenvalue weighted by atomic mass is 16.2. The molecule has 1 aromatic heterocycles. The molecule has 5 heteroatoms. The lowest BCUT2D eigenvalue weighted by Gasteiger charge is -2.29. The normalized spacial score (nSPS) is 18.9. The van der Waals surface area contributed by atoms with Gasteiger partial charge in [-0.05, 0) is 55.9 Å². The average Bonchev–Trinajstić information content (AvgIpc) is 3.22. The van der Waals surface area contributed by atoms with Crippen molar-refractivity contribution < 1.29 is 9.59 Å². The molecule has 0 spiro atoms. The molecule has 1 fully saturated rings. The topological polar surface area (TPSA) is 55.2 Å². The zero-order chi connectivity index (χ0) is 18.5. The van der Waals surface area contributed by atoms with Gasteiger partial charge in [0, 0.05) is 25.1 Å². The number of likely N-dealkylation sites (tertiary alicyclic amines) is 1. The molecule has 1 aromatic carbocycles. The summed E-state index contributed by atoms with van der Waals surface area (Å²) in [6.45, 7) is 7.85. The SMILES string of the molecule is Cc1nn(-c2ccc(C(=O)N3CCCC3)cc2)c2c1C(=O)CC(C)(C)C2. The van der Waals surface area contributed by atoms with E-state index in [1.54, 1.807) is 0 Å². The van der Waals surface area contributed by atoms with E-state index in [9.17, 15) is 9.59 Å². The zero-order valence-electron chi connectivity index (χ0n) is 15.7. The molecular formula is C21H25N3O2. The van der Waals surface area contributed by atoms with Crippen LogP contribution in [0.2, 0.25) is 0 Å². The Bertz CT molecular complexity index is 871. The van der Waals surface area contributed by atoms with E-state index in [0.29, 0.717) is 12.0 Å². The maximum atomic E-state index is 12.6. The van der Waals surface area contributed by atoms with Crippen LogP contribution in [0, 0.1) is 12.3 Å². The third-order valence-corrected chi connectivity index (χ3v) is 5.47. The fourth-order valence-electron chi connectivity index (χ4n) is 4.20. The largest absolute Gasteiger partial charge is 0.339 e. The van der Waals surface area contributed by atoms with Gasteiger partial charge in [-0.1, -0.05) is 13.8 Å². The Morgan fingerprint density at radius 3 is 2.38 bits per heavy atom. The maximum Gasteiger partial charge on any atom is 0.253 e. The van der Waals surface area contributed by atoms with E-state index < -0.39 is 0 Å². The van der Waals surface area contributed by atoms with Crippen LogP contribution in [0.4, 0.5) is 0 Å². The van der Waals surface area contributed by atoms with Crippen molar-refractivity contribution in [3.63, 3.8) is 0 Å².